The average molecular weight is 625 g/mol. The molecule has 0 aliphatic carbocycles. The Morgan fingerprint density at radius 2 is 1.90 bits per heavy atom. The summed E-state index contributed by atoms with van der Waals surface area (Å²) in [6.07, 6.45) is 5.51. The fourth-order valence-corrected chi connectivity index (χ4v) is 7.13. The molecule has 0 unspecified atom stereocenters. The maximum atomic E-state index is 14.7. The number of allylic oxidation sites excluding steroid dienone is 1. The van der Waals surface area contributed by atoms with Crippen LogP contribution in [0.25, 0.3) is 0 Å². The first-order valence-corrected chi connectivity index (χ1v) is 15.0. The maximum absolute atomic E-state index is 14.7. The third-order valence-corrected chi connectivity index (χ3v) is 9.37. The van der Waals surface area contributed by atoms with Crippen LogP contribution in [0.4, 0.5) is 0 Å². The number of likely N-dealkylation sites (tertiary alicyclic amines) is 1. The van der Waals surface area contributed by atoms with E-state index in [0.29, 0.717) is 17.3 Å². The van der Waals surface area contributed by atoms with Crippen LogP contribution in [0.2, 0.25) is 0 Å². The molecule has 8 atom stereocenters. The van der Waals surface area contributed by atoms with Crippen LogP contribution in [-0.4, -0.2) is 93.7 Å². The quantitative estimate of drug-likeness (QED) is 0.363. The minimum absolute atomic E-state index is 0.112. The van der Waals surface area contributed by atoms with Gasteiger partial charge in [-0.1, -0.05) is 48.4 Å². The number of rotatable bonds is 4. The summed E-state index contributed by atoms with van der Waals surface area (Å²) in [6.45, 7) is 11.4. The lowest BCUT2D eigenvalue weighted by molar-refractivity contribution is -0.160. The van der Waals surface area contributed by atoms with Crippen LogP contribution in [0, 0.1) is 17.8 Å². The van der Waals surface area contributed by atoms with Gasteiger partial charge in [0.2, 0.25) is 17.7 Å². The fraction of sp³-hybridized carbons (Fsp3) is 0.724. The summed E-state index contributed by atoms with van der Waals surface area (Å²) in [7, 11) is 0. The Balaban J connectivity index is 1.88. The number of aliphatic hydroxyl groups excluding tert-OH is 1. The number of fused-ring (bicyclic) bond motifs is 2. The molecule has 5 bridgehead atoms. The number of aliphatic hydroxyl groups is 1. The first-order valence-electron chi connectivity index (χ1n) is 14.2. The Kier molecular flexibility index (Phi) is 8.88. The number of hydrogen-bond donors (Lipinski definition) is 2. The van der Waals surface area contributed by atoms with Crippen molar-refractivity contribution in [3.8, 4) is 0 Å². The molecule has 1 spiro atoms. The van der Waals surface area contributed by atoms with E-state index in [0.717, 1.165) is 0 Å². The van der Waals surface area contributed by atoms with E-state index in [-0.39, 0.29) is 43.8 Å². The largest absolute Gasteiger partial charge is 0.460 e. The van der Waals surface area contributed by atoms with Crippen LogP contribution in [0.1, 0.15) is 60.8 Å². The number of amides is 3. The normalized spacial score (nSPS) is 35.7. The van der Waals surface area contributed by atoms with Crippen LogP contribution in [0.5, 0.6) is 0 Å². The molecule has 4 rings (SSSR count). The van der Waals surface area contributed by atoms with Crippen LogP contribution < -0.4 is 5.32 Å². The van der Waals surface area contributed by atoms with Gasteiger partial charge >= 0.3 is 5.97 Å². The molecular formula is C29H42BrN3O7. The van der Waals surface area contributed by atoms with Crippen molar-refractivity contribution in [2.75, 3.05) is 19.7 Å². The number of carbonyl (C=O) groups excluding carboxylic acids is 4. The highest BCUT2D eigenvalue weighted by Crippen LogP contribution is 2.59. The lowest BCUT2D eigenvalue weighted by atomic mass is 9.74. The molecule has 40 heavy (non-hydrogen) atoms. The van der Waals surface area contributed by atoms with Crippen molar-refractivity contribution < 1.29 is 33.8 Å². The predicted molar refractivity (Wildman–Crippen MR) is 151 cm³/mol. The van der Waals surface area contributed by atoms with Gasteiger partial charge < -0.3 is 29.7 Å². The molecule has 4 heterocycles. The van der Waals surface area contributed by atoms with E-state index in [2.05, 4.69) is 21.2 Å². The summed E-state index contributed by atoms with van der Waals surface area (Å²) in [4.78, 5) is 58.2. The zero-order chi connectivity index (χ0) is 29.6. The van der Waals surface area contributed by atoms with E-state index in [1.165, 1.54) is 4.90 Å². The lowest BCUT2D eigenvalue weighted by Crippen LogP contribution is -2.62. The van der Waals surface area contributed by atoms with Gasteiger partial charge in [0, 0.05) is 23.0 Å². The van der Waals surface area contributed by atoms with Gasteiger partial charge in [-0.15, -0.1) is 0 Å². The molecule has 2 saturated heterocycles. The predicted octanol–water partition coefficient (Wildman–Crippen LogP) is 2.29. The molecule has 3 amide bonds. The van der Waals surface area contributed by atoms with Crippen molar-refractivity contribution in [1.82, 2.24) is 15.1 Å². The van der Waals surface area contributed by atoms with Crippen molar-refractivity contribution in [1.29, 1.82) is 0 Å². The van der Waals surface area contributed by atoms with E-state index in [9.17, 15) is 24.3 Å². The van der Waals surface area contributed by atoms with Crippen molar-refractivity contribution >= 4 is 39.6 Å². The highest BCUT2D eigenvalue weighted by Gasteiger charge is 2.75. The van der Waals surface area contributed by atoms with E-state index >= 15 is 0 Å². The summed E-state index contributed by atoms with van der Waals surface area (Å²) in [6, 6.07) is -1.73. The summed E-state index contributed by atoms with van der Waals surface area (Å²) < 4.78 is 12.8. The van der Waals surface area contributed by atoms with Crippen LogP contribution >= 0.6 is 15.9 Å². The van der Waals surface area contributed by atoms with Crippen LogP contribution in [0.15, 0.2) is 22.7 Å². The molecule has 10 nitrogen and oxygen atoms in total. The molecule has 0 aromatic heterocycles. The number of carbonyl (C=O) groups is 4. The number of nitrogens with zero attached hydrogens (tertiary/aromatic N) is 2. The Bertz CT molecular complexity index is 1100. The number of nitrogens with one attached hydrogen (secondary N) is 1. The zero-order valence-electron chi connectivity index (χ0n) is 24.2. The third kappa shape index (κ3) is 5.25. The molecule has 0 radical (unpaired) electrons. The van der Waals surface area contributed by atoms with Gasteiger partial charge in [-0.25, -0.2) is 0 Å². The Labute approximate surface area is 244 Å². The van der Waals surface area contributed by atoms with Gasteiger partial charge in [-0.05, 0) is 46.1 Å². The summed E-state index contributed by atoms with van der Waals surface area (Å²) in [5.41, 5.74) is -2.03. The number of hydrogen-bond acceptors (Lipinski definition) is 7. The Morgan fingerprint density at radius 1 is 1.20 bits per heavy atom. The second-order valence-electron chi connectivity index (χ2n) is 12.4. The maximum Gasteiger partial charge on any atom is 0.313 e. The zero-order valence-corrected chi connectivity index (χ0v) is 25.8. The average Bonchev–Trinajstić information content (AvgIpc) is 3.47. The second-order valence-corrected chi connectivity index (χ2v) is 13.3. The molecular weight excluding hydrogens is 582 g/mol. The summed E-state index contributed by atoms with van der Waals surface area (Å²) >= 11 is 3.55. The molecule has 0 saturated carbocycles. The van der Waals surface area contributed by atoms with E-state index in [1.54, 1.807) is 17.9 Å². The Morgan fingerprint density at radius 3 is 2.52 bits per heavy atom. The summed E-state index contributed by atoms with van der Waals surface area (Å²) in [5, 5.41) is 13.3. The van der Waals surface area contributed by atoms with Crippen molar-refractivity contribution in [2.24, 2.45) is 17.8 Å². The molecule has 2 fully saturated rings. The lowest BCUT2D eigenvalue weighted by Gasteiger charge is -2.43. The molecule has 4 aliphatic rings. The number of ether oxygens (including phenoxy) is 2. The summed E-state index contributed by atoms with van der Waals surface area (Å²) in [5.74, 6) is -3.60. The fourth-order valence-electron chi connectivity index (χ4n) is 6.40. The van der Waals surface area contributed by atoms with Gasteiger partial charge in [-0.3, -0.25) is 19.2 Å². The third-order valence-electron chi connectivity index (χ3n) is 8.69. The molecule has 11 heteroatoms. The SMILES string of the molecule is CC[C@H](C)[C@H](CO)N1C(=O)[C@@H]2[C@H]3C(=O)O[C@@H](C)CNC(=O)CC/C=C\CN(C(C)(C)C)C(=O)[C@@H]1[C@]21C=C(Br)[C@H]3O1. The first kappa shape index (κ1) is 30.7. The Hall–Kier alpha value is -2.24. The topological polar surface area (TPSA) is 125 Å². The minimum Gasteiger partial charge on any atom is -0.460 e. The van der Waals surface area contributed by atoms with Gasteiger partial charge in [0.15, 0.2) is 0 Å². The molecule has 0 aromatic rings. The van der Waals surface area contributed by atoms with E-state index in [1.807, 2.05) is 46.8 Å². The molecule has 0 aromatic carbocycles. The first-order chi connectivity index (χ1) is 18.8. The molecule has 2 N–H and O–H groups in total. The highest BCUT2D eigenvalue weighted by molar-refractivity contribution is 9.11. The van der Waals surface area contributed by atoms with Gasteiger partial charge in [0.25, 0.3) is 0 Å². The van der Waals surface area contributed by atoms with Crippen LogP contribution in [0.3, 0.4) is 0 Å². The van der Waals surface area contributed by atoms with Gasteiger partial charge in [-0.2, -0.15) is 0 Å². The minimum atomic E-state index is -1.40. The highest BCUT2D eigenvalue weighted by atomic mass is 79.9. The number of esters is 1. The van der Waals surface area contributed by atoms with Crippen molar-refractivity contribution in [3.63, 3.8) is 0 Å². The van der Waals surface area contributed by atoms with Gasteiger partial charge in [0.05, 0.1) is 25.1 Å². The van der Waals surface area contributed by atoms with Crippen molar-refractivity contribution in [2.45, 2.75) is 96.2 Å². The second kappa shape index (κ2) is 11.6. The van der Waals surface area contributed by atoms with E-state index < -0.39 is 59.1 Å². The molecule has 4 aliphatic heterocycles. The molecule has 222 valence electrons. The number of cyclic esters (lactones) is 1. The number of halogens is 1. The van der Waals surface area contributed by atoms with Crippen LogP contribution in [-0.2, 0) is 28.7 Å². The van der Waals surface area contributed by atoms with Gasteiger partial charge in [0.1, 0.15) is 29.8 Å². The smallest absolute Gasteiger partial charge is 0.313 e. The van der Waals surface area contributed by atoms with E-state index in [4.69, 9.17) is 9.47 Å². The van der Waals surface area contributed by atoms with Crippen molar-refractivity contribution in [3.05, 3.63) is 22.7 Å². The monoisotopic (exact) mass is 623 g/mol. The standard InChI is InChI=1S/C29H42BrN3O7/c1-7-16(2)19(15-34)33-24-26(37)32(28(4,5)6)12-10-8-9-11-20(35)31-14-17(3)39-27(38)21-22(25(33)36)29(24)13-18(30)23(21)40-29/h8,10,13,16-17,19,21-24,34H,7,9,11-12,14-15H2,1-6H3,(H,31,35)/b10-8-/t16-,17-,19-,21+,22-,23+,24+,29-/m0/s1.